The van der Waals surface area contributed by atoms with Crippen LogP contribution in [-0.2, 0) is 11.2 Å². The Hall–Kier alpha value is -1.42. The predicted octanol–water partition coefficient (Wildman–Crippen LogP) is 1.81. The van der Waals surface area contributed by atoms with Crippen molar-refractivity contribution in [2.45, 2.75) is 19.8 Å². The molecule has 1 rings (SSSR count). The van der Waals surface area contributed by atoms with E-state index in [1.165, 1.54) is 12.1 Å². The molecule has 0 saturated heterocycles. The predicted molar refractivity (Wildman–Crippen MR) is 70.6 cm³/mol. The molecule has 0 aromatic heterocycles. The number of carbonyl (C=O) groups is 1. The zero-order valence-corrected chi connectivity index (χ0v) is 11.0. The van der Waals surface area contributed by atoms with Gasteiger partial charge in [-0.25, -0.2) is 4.39 Å². The summed E-state index contributed by atoms with van der Waals surface area (Å²) < 4.78 is 13.0. The van der Waals surface area contributed by atoms with Crippen LogP contribution in [0.3, 0.4) is 0 Å². The third-order valence-corrected chi connectivity index (χ3v) is 3.13. The summed E-state index contributed by atoms with van der Waals surface area (Å²) in [4.78, 5) is 13.6. The molecule has 0 fully saturated rings. The van der Waals surface area contributed by atoms with E-state index in [9.17, 15) is 9.18 Å². The minimum absolute atomic E-state index is 0.0661. The summed E-state index contributed by atoms with van der Waals surface area (Å²) in [5.41, 5.74) is 6.45. The minimum atomic E-state index is -0.241. The van der Waals surface area contributed by atoms with Crippen LogP contribution < -0.4 is 5.73 Å². The minimum Gasteiger partial charge on any atom is -0.345 e. The van der Waals surface area contributed by atoms with Gasteiger partial charge in [-0.15, -0.1) is 0 Å². The lowest BCUT2D eigenvalue weighted by atomic mass is 10.1. The number of nitrogens with two attached hydrogens (primary N) is 1. The molecule has 0 bridgehead atoms. The van der Waals surface area contributed by atoms with Gasteiger partial charge in [0, 0.05) is 20.1 Å². The van der Waals surface area contributed by atoms with Crippen molar-refractivity contribution in [1.29, 1.82) is 0 Å². The topological polar surface area (TPSA) is 46.3 Å². The van der Waals surface area contributed by atoms with E-state index < -0.39 is 0 Å². The second kappa shape index (κ2) is 7.11. The van der Waals surface area contributed by atoms with Gasteiger partial charge in [-0.1, -0.05) is 19.1 Å². The van der Waals surface area contributed by atoms with Gasteiger partial charge in [0.25, 0.3) is 0 Å². The molecule has 4 heteroatoms. The lowest BCUT2D eigenvalue weighted by Gasteiger charge is -2.22. The van der Waals surface area contributed by atoms with E-state index in [4.69, 9.17) is 5.73 Å². The summed E-state index contributed by atoms with van der Waals surface area (Å²) in [5.74, 6) is -0.284. The van der Waals surface area contributed by atoms with Gasteiger partial charge in [-0.2, -0.15) is 0 Å². The number of nitrogens with zero attached hydrogens (tertiary/aromatic N) is 1. The second-order valence-electron chi connectivity index (χ2n) is 4.48. The van der Waals surface area contributed by atoms with Gasteiger partial charge < -0.3 is 10.6 Å². The number of likely N-dealkylation sites (N-methyl/N-ethyl adjacent to an activating group) is 1. The Morgan fingerprint density at radius 3 is 2.78 bits per heavy atom. The van der Waals surface area contributed by atoms with Crippen LogP contribution in [-0.4, -0.2) is 30.9 Å². The van der Waals surface area contributed by atoms with E-state index in [0.29, 0.717) is 19.5 Å². The fraction of sp³-hybridized carbons (Fsp3) is 0.500. The lowest BCUT2D eigenvalue weighted by molar-refractivity contribution is -0.133. The number of halogens is 1. The number of amides is 1. The largest absolute Gasteiger partial charge is 0.345 e. The first-order valence-corrected chi connectivity index (χ1v) is 6.28. The van der Waals surface area contributed by atoms with Crippen LogP contribution in [0.4, 0.5) is 4.39 Å². The number of benzene rings is 1. The quantitative estimate of drug-likeness (QED) is 0.839. The van der Waals surface area contributed by atoms with E-state index in [1.807, 2.05) is 13.0 Å². The van der Waals surface area contributed by atoms with Crippen LogP contribution in [0.25, 0.3) is 0 Å². The van der Waals surface area contributed by atoms with Crippen molar-refractivity contribution in [3.8, 4) is 0 Å². The van der Waals surface area contributed by atoms with Crippen LogP contribution in [0.15, 0.2) is 24.3 Å². The molecule has 0 radical (unpaired) electrons. The summed E-state index contributed by atoms with van der Waals surface area (Å²) >= 11 is 0. The number of rotatable bonds is 6. The average Bonchev–Trinajstić information content (AvgIpc) is 2.37. The summed E-state index contributed by atoms with van der Waals surface area (Å²) in [5, 5.41) is 0. The summed E-state index contributed by atoms with van der Waals surface area (Å²) in [6.45, 7) is 2.91. The van der Waals surface area contributed by atoms with Gasteiger partial charge in [0.2, 0.25) is 5.91 Å². The van der Waals surface area contributed by atoms with E-state index in [1.54, 1.807) is 18.0 Å². The summed E-state index contributed by atoms with van der Waals surface area (Å²) in [7, 11) is 1.76. The fourth-order valence-electron chi connectivity index (χ4n) is 1.85. The SMILES string of the molecule is CCC(CN)C(=O)N(C)CCc1cccc(F)c1. The highest BCUT2D eigenvalue weighted by atomic mass is 19.1. The van der Waals surface area contributed by atoms with Crippen molar-refractivity contribution in [1.82, 2.24) is 4.90 Å². The van der Waals surface area contributed by atoms with Crippen molar-refractivity contribution in [2.75, 3.05) is 20.1 Å². The zero-order chi connectivity index (χ0) is 13.5. The molecule has 1 amide bonds. The Kier molecular flexibility index (Phi) is 5.78. The van der Waals surface area contributed by atoms with Gasteiger partial charge in [0.1, 0.15) is 5.82 Å². The van der Waals surface area contributed by atoms with Crippen molar-refractivity contribution in [3.05, 3.63) is 35.6 Å². The van der Waals surface area contributed by atoms with Gasteiger partial charge in [0.05, 0.1) is 5.92 Å². The Labute approximate surface area is 108 Å². The summed E-state index contributed by atoms with van der Waals surface area (Å²) in [6, 6.07) is 6.46. The molecule has 0 spiro atoms. The molecular weight excluding hydrogens is 231 g/mol. The molecule has 1 atom stereocenters. The van der Waals surface area contributed by atoms with Crippen molar-refractivity contribution < 1.29 is 9.18 Å². The van der Waals surface area contributed by atoms with Crippen molar-refractivity contribution >= 4 is 5.91 Å². The van der Waals surface area contributed by atoms with Crippen LogP contribution in [0, 0.1) is 11.7 Å². The zero-order valence-electron chi connectivity index (χ0n) is 11.0. The molecule has 0 heterocycles. The first kappa shape index (κ1) is 14.6. The lowest BCUT2D eigenvalue weighted by Crippen LogP contribution is -2.37. The molecule has 0 aliphatic heterocycles. The van der Waals surface area contributed by atoms with E-state index in [2.05, 4.69) is 0 Å². The molecule has 0 aliphatic carbocycles. The maximum absolute atomic E-state index is 13.0. The van der Waals surface area contributed by atoms with Gasteiger partial charge in [-0.3, -0.25) is 4.79 Å². The Balaban J connectivity index is 2.50. The molecule has 0 aliphatic rings. The third-order valence-electron chi connectivity index (χ3n) is 3.13. The van der Waals surface area contributed by atoms with Crippen molar-refractivity contribution in [3.63, 3.8) is 0 Å². The Morgan fingerprint density at radius 2 is 2.22 bits per heavy atom. The highest BCUT2D eigenvalue weighted by Gasteiger charge is 2.18. The molecule has 3 nitrogen and oxygen atoms in total. The van der Waals surface area contributed by atoms with Crippen molar-refractivity contribution in [2.24, 2.45) is 11.7 Å². The van der Waals surface area contributed by atoms with E-state index in [0.717, 1.165) is 12.0 Å². The highest BCUT2D eigenvalue weighted by Crippen LogP contribution is 2.08. The molecule has 100 valence electrons. The Morgan fingerprint density at radius 1 is 1.50 bits per heavy atom. The monoisotopic (exact) mass is 252 g/mol. The molecule has 2 N–H and O–H groups in total. The maximum Gasteiger partial charge on any atom is 0.226 e. The Bertz CT molecular complexity index is 391. The summed E-state index contributed by atoms with van der Waals surface area (Å²) in [6.07, 6.45) is 1.40. The van der Waals surface area contributed by atoms with E-state index in [-0.39, 0.29) is 17.6 Å². The maximum atomic E-state index is 13.0. The first-order valence-electron chi connectivity index (χ1n) is 6.28. The fourth-order valence-corrected chi connectivity index (χ4v) is 1.85. The van der Waals surface area contributed by atoms with Gasteiger partial charge >= 0.3 is 0 Å². The van der Waals surface area contributed by atoms with Crippen LogP contribution in [0.5, 0.6) is 0 Å². The first-order chi connectivity index (χ1) is 8.58. The molecule has 18 heavy (non-hydrogen) atoms. The molecule has 1 aromatic carbocycles. The highest BCUT2D eigenvalue weighted by molar-refractivity contribution is 5.78. The van der Waals surface area contributed by atoms with Gasteiger partial charge in [0.15, 0.2) is 0 Å². The molecule has 0 saturated carbocycles. The standard InChI is InChI=1S/C14H21FN2O/c1-3-12(10-16)14(18)17(2)8-7-11-5-4-6-13(15)9-11/h4-6,9,12H,3,7-8,10,16H2,1-2H3. The van der Waals surface area contributed by atoms with Crippen LogP contribution in [0.1, 0.15) is 18.9 Å². The smallest absolute Gasteiger partial charge is 0.226 e. The number of hydrogen-bond donors (Lipinski definition) is 1. The third kappa shape index (κ3) is 4.11. The second-order valence-corrected chi connectivity index (χ2v) is 4.48. The van der Waals surface area contributed by atoms with Gasteiger partial charge in [-0.05, 0) is 30.5 Å². The number of hydrogen-bond acceptors (Lipinski definition) is 2. The van der Waals surface area contributed by atoms with Crippen LogP contribution >= 0.6 is 0 Å². The average molecular weight is 252 g/mol. The number of carbonyl (C=O) groups excluding carboxylic acids is 1. The molecule has 1 unspecified atom stereocenters. The molecular formula is C14H21FN2O. The van der Waals surface area contributed by atoms with Crippen LogP contribution in [0.2, 0.25) is 0 Å². The normalized spacial score (nSPS) is 12.2. The van der Waals surface area contributed by atoms with E-state index >= 15 is 0 Å². The molecule has 1 aromatic rings.